The molecule has 0 fully saturated rings. The molecule has 2 atom stereocenters. The summed E-state index contributed by atoms with van der Waals surface area (Å²) in [6.45, 7) is 6.85. The Morgan fingerprint density at radius 1 is 1.56 bits per heavy atom. The zero-order chi connectivity index (χ0) is 7.49. The fourth-order valence-electron chi connectivity index (χ4n) is 0.688. The van der Waals surface area contributed by atoms with Gasteiger partial charge in [-0.15, -0.1) is 0 Å². The van der Waals surface area contributed by atoms with Crippen molar-refractivity contribution in [3.8, 4) is 0 Å². The van der Waals surface area contributed by atoms with Gasteiger partial charge in [0.1, 0.15) is 0 Å². The first-order valence-corrected chi connectivity index (χ1v) is 5.66. The fraction of sp³-hybridized carbons (Fsp3) is 1.00. The van der Waals surface area contributed by atoms with Gasteiger partial charge in [-0.1, -0.05) is 65.5 Å². The molecule has 56 valence electrons. The third-order valence-electron chi connectivity index (χ3n) is 1.57. The van der Waals surface area contributed by atoms with Crippen LogP contribution in [-0.2, 0) is 0 Å². The zero-order valence-electron chi connectivity index (χ0n) is 6.25. The summed E-state index contributed by atoms with van der Waals surface area (Å²) in [6.07, 6.45) is 2.63. The third kappa shape index (κ3) is 4.01. The molecule has 0 saturated carbocycles. The largest absolute Gasteiger partial charge is 0.0815 e. The van der Waals surface area contributed by atoms with Gasteiger partial charge in [0.05, 0.1) is 0 Å². The van der Waals surface area contributed by atoms with Crippen molar-refractivity contribution in [1.82, 2.24) is 0 Å². The van der Waals surface area contributed by atoms with Crippen LogP contribution in [0.5, 0.6) is 0 Å². The molecule has 0 aromatic heterocycles. The van der Waals surface area contributed by atoms with Crippen molar-refractivity contribution in [2.75, 3.05) is 0 Å². The van der Waals surface area contributed by atoms with E-state index in [9.17, 15) is 0 Å². The standard InChI is InChI=1S/C7H14I2/c1-4-5-7(3,9)6(2)8/h6H,4-5H2,1-3H3. The smallest absolute Gasteiger partial charge is 0.0308 e. The molecule has 0 amide bonds. The van der Waals surface area contributed by atoms with Crippen molar-refractivity contribution in [2.24, 2.45) is 0 Å². The fourth-order valence-corrected chi connectivity index (χ4v) is 1.54. The van der Waals surface area contributed by atoms with E-state index in [-0.39, 0.29) is 0 Å². The zero-order valence-corrected chi connectivity index (χ0v) is 10.6. The Morgan fingerprint density at radius 3 is 2.11 bits per heavy atom. The molecule has 0 radical (unpaired) electrons. The van der Waals surface area contributed by atoms with Gasteiger partial charge in [-0.2, -0.15) is 0 Å². The molecule has 0 aromatic carbocycles. The summed E-state index contributed by atoms with van der Waals surface area (Å²) >= 11 is 5.06. The van der Waals surface area contributed by atoms with Crippen molar-refractivity contribution in [3.05, 3.63) is 0 Å². The molecular formula is C7H14I2. The molecule has 0 saturated heterocycles. The Labute approximate surface area is 85.5 Å². The van der Waals surface area contributed by atoms with Gasteiger partial charge in [0.25, 0.3) is 0 Å². The van der Waals surface area contributed by atoms with Gasteiger partial charge in [0, 0.05) is 7.35 Å². The van der Waals surface area contributed by atoms with E-state index >= 15 is 0 Å². The van der Waals surface area contributed by atoms with Crippen molar-refractivity contribution >= 4 is 45.2 Å². The summed E-state index contributed by atoms with van der Waals surface area (Å²) in [5.41, 5.74) is 0. The van der Waals surface area contributed by atoms with Gasteiger partial charge < -0.3 is 0 Å². The maximum absolute atomic E-state index is 2.56. The molecule has 2 heteroatoms. The second-order valence-corrected chi connectivity index (χ2v) is 6.98. The lowest BCUT2D eigenvalue weighted by molar-refractivity contribution is 0.610. The van der Waals surface area contributed by atoms with E-state index < -0.39 is 0 Å². The minimum Gasteiger partial charge on any atom is -0.0815 e. The summed E-state index contributed by atoms with van der Waals surface area (Å²) in [7, 11) is 0. The van der Waals surface area contributed by atoms with Crippen molar-refractivity contribution in [2.45, 2.75) is 41.0 Å². The molecule has 2 unspecified atom stereocenters. The maximum atomic E-state index is 2.56. The number of alkyl halides is 2. The first kappa shape index (κ1) is 10.5. The monoisotopic (exact) mass is 352 g/mol. The lowest BCUT2D eigenvalue weighted by atomic mass is 10.0. The van der Waals surface area contributed by atoms with Gasteiger partial charge in [0.15, 0.2) is 0 Å². The Hall–Kier alpha value is 1.46. The highest BCUT2D eigenvalue weighted by molar-refractivity contribution is 14.1. The first-order chi connectivity index (χ1) is 4.00. The van der Waals surface area contributed by atoms with Crippen LogP contribution in [0.1, 0.15) is 33.6 Å². The van der Waals surface area contributed by atoms with Crippen molar-refractivity contribution in [3.63, 3.8) is 0 Å². The van der Waals surface area contributed by atoms with E-state index in [1.165, 1.54) is 12.8 Å². The van der Waals surface area contributed by atoms with Crippen LogP contribution in [0.4, 0.5) is 0 Å². The summed E-state index contributed by atoms with van der Waals surface area (Å²) < 4.78 is 1.28. The van der Waals surface area contributed by atoms with Crippen LogP contribution < -0.4 is 0 Å². The van der Waals surface area contributed by atoms with Gasteiger partial charge in [-0.25, -0.2) is 0 Å². The predicted octanol–water partition coefficient (Wildman–Crippen LogP) is 3.80. The van der Waals surface area contributed by atoms with E-state index in [0.717, 1.165) is 3.92 Å². The first-order valence-electron chi connectivity index (χ1n) is 3.33. The van der Waals surface area contributed by atoms with E-state index in [2.05, 4.69) is 66.0 Å². The molecule has 0 nitrogen and oxygen atoms in total. The lowest BCUT2D eigenvalue weighted by Gasteiger charge is -2.24. The van der Waals surface area contributed by atoms with Crippen molar-refractivity contribution in [1.29, 1.82) is 0 Å². The molecule has 0 heterocycles. The van der Waals surface area contributed by atoms with Crippen LogP contribution in [0.2, 0.25) is 0 Å². The van der Waals surface area contributed by atoms with Crippen LogP contribution >= 0.6 is 45.2 Å². The van der Waals surface area contributed by atoms with E-state index in [0.29, 0.717) is 3.42 Å². The van der Waals surface area contributed by atoms with Gasteiger partial charge in [0.2, 0.25) is 0 Å². The molecule has 0 rings (SSSR count). The highest BCUT2D eigenvalue weighted by Gasteiger charge is 2.23. The van der Waals surface area contributed by atoms with Crippen LogP contribution in [0.15, 0.2) is 0 Å². The molecule has 9 heavy (non-hydrogen) atoms. The maximum Gasteiger partial charge on any atom is 0.0308 e. The average Bonchev–Trinajstić information content (AvgIpc) is 1.65. The van der Waals surface area contributed by atoms with Crippen LogP contribution in [0.25, 0.3) is 0 Å². The van der Waals surface area contributed by atoms with E-state index in [1.54, 1.807) is 0 Å². The van der Waals surface area contributed by atoms with Crippen LogP contribution in [-0.4, -0.2) is 7.35 Å². The van der Waals surface area contributed by atoms with Gasteiger partial charge >= 0.3 is 0 Å². The summed E-state index contributed by atoms with van der Waals surface area (Å²) in [6, 6.07) is 0. The average molecular weight is 352 g/mol. The second kappa shape index (κ2) is 4.36. The molecule has 0 N–H and O–H groups in total. The molecule has 0 aliphatic rings. The minimum absolute atomic E-state index is 0.507. The molecular weight excluding hydrogens is 338 g/mol. The highest BCUT2D eigenvalue weighted by Crippen LogP contribution is 2.32. The normalized spacial score (nSPS) is 21.0. The Balaban J connectivity index is 3.70. The van der Waals surface area contributed by atoms with Gasteiger partial charge in [-0.3, -0.25) is 0 Å². The van der Waals surface area contributed by atoms with E-state index in [4.69, 9.17) is 0 Å². The molecule has 0 aliphatic heterocycles. The van der Waals surface area contributed by atoms with Crippen LogP contribution in [0.3, 0.4) is 0 Å². The molecule has 0 aliphatic carbocycles. The number of halogens is 2. The molecule has 0 bridgehead atoms. The Kier molecular flexibility index (Phi) is 5.07. The predicted molar refractivity (Wildman–Crippen MR) is 60.8 cm³/mol. The topological polar surface area (TPSA) is 0 Å². The van der Waals surface area contributed by atoms with Crippen LogP contribution in [0, 0.1) is 0 Å². The Morgan fingerprint density at radius 2 is 2.00 bits per heavy atom. The SMILES string of the molecule is CCCC(C)(I)C(C)I. The lowest BCUT2D eigenvalue weighted by Crippen LogP contribution is -2.24. The molecule has 0 aromatic rings. The van der Waals surface area contributed by atoms with Gasteiger partial charge in [-0.05, 0) is 13.3 Å². The highest BCUT2D eigenvalue weighted by atomic mass is 127. The molecule has 0 spiro atoms. The second-order valence-electron chi connectivity index (χ2n) is 2.64. The third-order valence-corrected chi connectivity index (χ3v) is 5.61. The number of hydrogen-bond acceptors (Lipinski definition) is 0. The summed E-state index contributed by atoms with van der Waals surface area (Å²) in [4.78, 5) is 0. The van der Waals surface area contributed by atoms with E-state index in [1.807, 2.05) is 0 Å². The Bertz CT molecular complexity index is 77.0. The summed E-state index contributed by atoms with van der Waals surface area (Å²) in [5.74, 6) is 0. The number of hydrogen-bond donors (Lipinski definition) is 0. The van der Waals surface area contributed by atoms with Crippen molar-refractivity contribution < 1.29 is 0 Å². The summed E-state index contributed by atoms with van der Waals surface area (Å²) in [5, 5.41) is 0. The quantitative estimate of drug-likeness (QED) is 0.536. The number of rotatable bonds is 3. The minimum atomic E-state index is 0.507.